The monoisotopic (exact) mass is 256 g/mol. The van der Waals surface area contributed by atoms with E-state index in [0.717, 1.165) is 0 Å². The second-order valence-corrected chi connectivity index (χ2v) is 4.38. The fraction of sp³-hybridized carbons (Fsp3) is 0.385. The molecule has 1 rings (SSSR count). The van der Waals surface area contributed by atoms with Gasteiger partial charge in [-0.25, -0.2) is 4.39 Å². The largest absolute Gasteiger partial charge is 0.296 e. The Labute approximate surface area is 105 Å². The van der Waals surface area contributed by atoms with E-state index in [1.807, 2.05) is 0 Å². The quantitative estimate of drug-likeness (QED) is 0.597. The molecule has 17 heavy (non-hydrogen) atoms. The third-order valence-corrected chi connectivity index (χ3v) is 2.96. The third-order valence-electron chi connectivity index (χ3n) is 2.71. The Morgan fingerprint density at radius 2 is 1.82 bits per heavy atom. The summed E-state index contributed by atoms with van der Waals surface area (Å²) >= 11 is 5.66. The molecule has 0 saturated heterocycles. The van der Waals surface area contributed by atoms with E-state index in [2.05, 4.69) is 0 Å². The summed E-state index contributed by atoms with van der Waals surface area (Å²) in [6.45, 7) is 3.39. The van der Waals surface area contributed by atoms with Crippen LogP contribution >= 0.6 is 11.6 Å². The van der Waals surface area contributed by atoms with E-state index in [1.54, 1.807) is 13.8 Å². The number of hydrogen-bond acceptors (Lipinski definition) is 2. The van der Waals surface area contributed by atoms with E-state index < -0.39 is 23.7 Å². The lowest BCUT2D eigenvalue weighted by molar-refractivity contribution is -0.125. The molecule has 0 bridgehead atoms. The summed E-state index contributed by atoms with van der Waals surface area (Å²) < 4.78 is 13.7. The lowest BCUT2D eigenvalue weighted by Crippen LogP contribution is -2.30. The zero-order valence-corrected chi connectivity index (χ0v) is 10.5. The molecular formula is C13H14ClFO2. The van der Waals surface area contributed by atoms with Gasteiger partial charge in [0.05, 0.1) is 0 Å². The molecule has 2 nitrogen and oxygen atoms in total. The minimum atomic E-state index is -2.08. The van der Waals surface area contributed by atoms with Crippen LogP contribution in [0.2, 0.25) is 5.02 Å². The van der Waals surface area contributed by atoms with Crippen molar-refractivity contribution in [2.45, 2.75) is 26.4 Å². The van der Waals surface area contributed by atoms with Gasteiger partial charge < -0.3 is 0 Å². The van der Waals surface area contributed by atoms with E-state index in [0.29, 0.717) is 11.4 Å². The number of alkyl halides is 1. The van der Waals surface area contributed by atoms with Crippen molar-refractivity contribution in [2.24, 2.45) is 5.92 Å². The van der Waals surface area contributed by atoms with Gasteiger partial charge in [0.1, 0.15) is 0 Å². The molecule has 2 unspecified atom stereocenters. The summed E-state index contributed by atoms with van der Waals surface area (Å²) in [6.07, 6.45) is -1.56. The minimum Gasteiger partial charge on any atom is -0.296 e. The molecule has 4 heteroatoms. The predicted octanol–water partition coefficient (Wildman–Crippen LogP) is 3.48. The van der Waals surface area contributed by atoms with Crippen LogP contribution in [0, 0.1) is 5.92 Å². The van der Waals surface area contributed by atoms with Gasteiger partial charge in [-0.3, -0.25) is 9.59 Å². The van der Waals surface area contributed by atoms with Crippen molar-refractivity contribution in [3.63, 3.8) is 0 Å². The van der Waals surface area contributed by atoms with Crippen LogP contribution in [-0.4, -0.2) is 17.7 Å². The minimum absolute atomic E-state index is 0.165. The van der Waals surface area contributed by atoms with Crippen LogP contribution in [0.4, 0.5) is 4.39 Å². The van der Waals surface area contributed by atoms with Crippen molar-refractivity contribution < 1.29 is 14.0 Å². The van der Waals surface area contributed by atoms with Crippen molar-refractivity contribution in [1.82, 2.24) is 0 Å². The molecule has 0 aliphatic heterocycles. The summed E-state index contributed by atoms with van der Waals surface area (Å²) in [5.41, 5.74) is 0.165. The molecule has 0 spiro atoms. The number of ketones is 2. The molecule has 1 aromatic carbocycles. The van der Waals surface area contributed by atoms with Crippen LogP contribution in [0.1, 0.15) is 30.6 Å². The second-order valence-electron chi connectivity index (χ2n) is 3.95. The van der Waals surface area contributed by atoms with E-state index in [9.17, 15) is 14.0 Å². The third kappa shape index (κ3) is 3.37. The molecule has 0 heterocycles. The normalized spacial score (nSPS) is 14.1. The van der Waals surface area contributed by atoms with Gasteiger partial charge in [-0.05, 0) is 30.7 Å². The standard InChI is InChI=1S/C13H14ClFO2/c1-3-8(2)12(16)11(15)13(17)9-4-6-10(14)7-5-9/h4-8,11H,3H2,1-2H3. The molecule has 0 amide bonds. The Bertz CT molecular complexity index is 414. The first-order valence-corrected chi connectivity index (χ1v) is 5.82. The van der Waals surface area contributed by atoms with Gasteiger partial charge in [-0.1, -0.05) is 25.4 Å². The Hall–Kier alpha value is -1.22. The lowest BCUT2D eigenvalue weighted by atomic mass is 9.95. The summed E-state index contributed by atoms with van der Waals surface area (Å²) in [5, 5.41) is 0.463. The SMILES string of the molecule is CCC(C)C(=O)C(F)C(=O)c1ccc(Cl)cc1. The number of hydrogen-bond donors (Lipinski definition) is 0. The molecule has 0 aromatic heterocycles. The van der Waals surface area contributed by atoms with E-state index in [-0.39, 0.29) is 5.56 Å². The summed E-state index contributed by atoms with van der Waals surface area (Å²) in [5.74, 6) is -1.90. The number of carbonyl (C=O) groups is 2. The fourth-order valence-corrected chi connectivity index (χ4v) is 1.47. The molecule has 2 atom stereocenters. The first-order chi connectivity index (χ1) is 7.97. The molecule has 0 aliphatic carbocycles. The van der Waals surface area contributed by atoms with Gasteiger partial charge in [-0.2, -0.15) is 0 Å². The van der Waals surface area contributed by atoms with E-state index >= 15 is 0 Å². The van der Waals surface area contributed by atoms with Gasteiger partial charge in [-0.15, -0.1) is 0 Å². The van der Waals surface area contributed by atoms with Crippen molar-refractivity contribution in [3.05, 3.63) is 34.9 Å². The maximum absolute atomic E-state index is 13.7. The first kappa shape index (κ1) is 13.8. The Morgan fingerprint density at radius 3 is 2.29 bits per heavy atom. The number of carbonyl (C=O) groups excluding carboxylic acids is 2. The topological polar surface area (TPSA) is 34.1 Å². The molecule has 0 radical (unpaired) electrons. The highest BCUT2D eigenvalue weighted by molar-refractivity contribution is 6.30. The predicted molar refractivity (Wildman–Crippen MR) is 65.1 cm³/mol. The Balaban J connectivity index is 2.83. The van der Waals surface area contributed by atoms with Gasteiger partial charge in [0.15, 0.2) is 5.78 Å². The summed E-state index contributed by atoms with van der Waals surface area (Å²) in [4.78, 5) is 23.2. The van der Waals surface area contributed by atoms with Crippen LogP contribution < -0.4 is 0 Å². The average molecular weight is 257 g/mol. The van der Waals surface area contributed by atoms with Crippen molar-refractivity contribution in [1.29, 1.82) is 0 Å². The highest BCUT2D eigenvalue weighted by Crippen LogP contribution is 2.15. The Morgan fingerprint density at radius 1 is 1.29 bits per heavy atom. The molecule has 1 aromatic rings. The smallest absolute Gasteiger partial charge is 0.221 e. The summed E-state index contributed by atoms with van der Waals surface area (Å²) in [7, 11) is 0. The van der Waals surface area contributed by atoms with Gasteiger partial charge in [0.25, 0.3) is 0 Å². The van der Waals surface area contributed by atoms with Crippen molar-refractivity contribution in [2.75, 3.05) is 0 Å². The van der Waals surface area contributed by atoms with Gasteiger partial charge in [0, 0.05) is 16.5 Å². The molecule has 92 valence electrons. The zero-order valence-electron chi connectivity index (χ0n) is 9.74. The zero-order chi connectivity index (χ0) is 13.0. The number of benzene rings is 1. The van der Waals surface area contributed by atoms with Crippen LogP contribution in [0.25, 0.3) is 0 Å². The maximum atomic E-state index is 13.7. The molecule has 0 saturated carbocycles. The molecule has 0 fully saturated rings. The van der Waals surface area contributed by atoms with E-state index in [1.165, 1.54) is 24.3 Å². The maximum Gasteiger partial charge on any atom is 0.221 e. The molecule has 0 aliphatic rings. The fourth-order valence-electron chi connectivity index (χ4n) is 1.34. The van der Waals surface area contributed by atoms with Crippen molar-refractivity contribution in [3.8, 4) is 0 Å². The van der Waals surface area contributed by atoms with Gasteiger partial charge >= 0.3 is 0 Å². The number of halogens is 2. The van der Waals surface area contributed by atoms with Gasteiger partial charge in [0.2, 0.25) is 12.0 Å². The van der Waals surface area contributed by atoms with E-state index in [4.69, 9.17) is 11.6 Å². The highest BCUT2D eigenvalue weighted by atomic mass is 35.5. The molecule has 0 N–H and O–H groups in total. The summed E-state index contributed by atoms with van der Waals surface area (Å²) in [6, 6.07) is 5.83. The first-order valence-electron chi connectivity index (χ1n) is 5.45. The van der Waals surface area contributed by atoms with Crippen LogP contribution in [-0.2, 0) is 4.79 Å². The number of rotatable bonds is 5. The van der Waals surface area contributed by atoms with Crippen molar-refractivity contribution >= 4 is 23.2 Å². The highest BCUT2D eigenvalue weighted by Gasteiger charge is 2.29. The average Bonchev–Trinajstić information content (AvgIpc) is 2.36. The van der Waals surface area contributed by atoms with Crippen LogP contribution in [0.3, 0.4) is 0 Å². The van der Waals surface area contributed by atoms with Crippen LogP contribution in [0.5, 0.6) is 0 Å². The Kier molecular flexibility index (Phi) is 4.82. The number of Topliss-reactive ketones (excluding diaryl/α,β-unsaturated/α-hetero) is 2. The second kappa shape index (κ2) is 5.92. The lowest BCUT2D eigenvalue weighted by Gasteiger charge is -2.11. The molecular weight excluding hydrogens is 243 g/mol. The van der Waals surface area contributed by atoms with Crippen LogP contribution in [0.15, 0.2) is 24.3 Å².